The number of nitro groups is 1. The molecule has 7 heteroatoms. The summed E-state index contributed by atoms with van der Waals surface area (Å²) in [5, 5.41) is 15.5. The molecular formula is C10H14N2O4S. The van der Waals surface area contributed by atoms with Gasteiger partial charge in [-0.2, -0.15) is 0 Å². The van der Waals surface area contributed by atoms with Crippen molar-refractivity contribution in [3.63, 3.8) is 0 Å². The van der Waals surface area contributed by atoms with Crippen LogP contribution in [-0.4, -0.2) is 24.5 Å². The maximum absolute atomic E-state index is 10.8. The number of methoxy groups -OCH3 is 1. The predicted octanol–water partition coefficient (Wildman–Crippen LogP) is 1.70. The molecule has 1 rings (SSSR count). The van der Waals surface area contributed by atoms with E-state index in [9.17, 15) is 14.9 Å². The Morgan fingerprint density at radius 3 is 3.00 bits per heavy atom. The number of hydrogen-bond acceptors (Lipinski definition) is 6. The summed E-state index contributed by atoms with van der Waals surface area (Å²) in [7, 11) is 1.36. The third kappa shape index (κ3) is 4.92. The zero-order valence-electron chi connectivity index (χ0n) is 9.47. The second-order valence-corrected chi connectivity index (χ2v) is 4.30. The molecule has 0 unspecified atom stereocenters. The smallest absolute Gasteiger partial charge is 0.324 e. The van der Waals surface area contributed by atoms with Gasteiger partial charge in [-0.3, -0.25) is 14.9 Å². The Labute approximate surface area is 103 Å². The minimum Gasteiger partial charge on any atom is -0.469 e. The maximum atomic E-state index is 10.8. The predicted molar refractivity (Wildman–Crippen MR) is 63.9 cm³/mol. The Morgan fingerprint density at radius 2 is 2.41 bits per heavy atom. The van der Waals surface area contributed by atoms with Gasteiger partial charge in [0, 0.05) is 24.4 Å². The van der Waals surface area contributed by atoms with Crippen molar-refractivity contribution in [1.29, 1.82) is 0 Å². The van der Waals surface area contributed by atoms with E-state index < -0.39 is 4.92 Å². The van der Waals surface area contributed by atoms with Crippen molar-refractivity contribution in [2.75, 3.05) is 13.7 Å². The van der Waals surface area contributed by atoms with Gasteiger partial charge in [0.25, 0.3) is 0 Å². The number of carbonyl (C=O) groups is 1. The molecule has 1 heterocycles. The number of rotatable bonds is 7. The van der Waals surface area contributed by atoms with Crippen molar-refractivity contribution in [3.05, 3.63) is 27.1 Å². The number of hydrogen-bond donors (Lipinski definition) is 1. The van der Waals surface area contributed by atoms with E-state index in [4.69, 9.17) is 0 Å². The van der Waals surface area contributed by atoms with Crippen LogP contribution in [0.2, 0.25) is 0 Å². The molecule has 94 valence electrons. The van der Waals surface area contributed by atoms with Crippen molar-refractivity contribution in [2.24, 2.45) is 0 Å². The van der Waals surface area contributed by atoms with E-state index in [0.717, 1.165) is 16.9 Å². The van der Waals surface area contributed by atoms with Crippen LogP contribution in [0.3, 0.4) is 0 Å². The van der Waals surface area contributed by atoms with Crippen LogP contribution in [0.4, 0.5) is 5.00 Å². The lowest BCUT2D eigenvalue weighted by molar-refractivity contribution is -0.380. The van der Waals surface area contributed by atoms with Crippen LogP contribution in [0.5, 0.6) is 0 Å². The quantitative estimate of drug-likeness (QED) is 0.348. The second-order valence-electron chi connectivity index (χ2n) is 3.41. The largest absolute Gasteiger partial charge is 0.469 e. The van der Waals surface area contributed by atoms with E-state index in [1.807, 2.05) is 0 Å². The van der Waals surface area contributed by atoms with Crippen LogP contribution >= 0.6 is 11.3 Å². The van der Waals surface area contributed by atoms with E-state index in [1.165, 1.54) is 7.11 Å². The maximum Gasteiger partial charge on any atom is 0.324 e. The summed E-state index contributed by atoms with van der Waals surface area (Å²) in [5.41, 5.74) is 0.889. The molecule has 0 aliphatic rings. The van der Waals surface area contributed by atoms with Gasteiger partial charge in [-0.25, -0.2) is 0 Å². The van der Waals surface area contributed by atoms with Gasteiger partial charge >= 0.3 is 11.0 Å². The van der Waals surface area contributed by atoms with Crippen LogP contribution < -0.4 is 5.32 Å². The van der Waals surface area contributed by atoms with Gasteiger partial charge in [0.1, 0.15) is 0 Å². The average molecular weight is 258 g/mol. The van der Waals surface area contributed by atoms with Crippen LogP contribution in [0.1, 0.15) is 18.4 Å². The molecule has 0 aliphatic carbocycles. The molecule has 17 heavy (non-hydrogen) atoms. The Kier molecular flexibility index (Phi) is 5.58. The van der Waals surface area contributed by atoms with E-state index >= 15 is 0 Å². The second kappa shape index (κ2) is 6.97. The first kappa shape index (κ1) is 13.6. The highest BCUT2D eigenvalue weighted by atomic mass is 32.1. The average Bonchev–Trinajstić information content (AvgIpc) is 2.77. The highest BCUT2D eigenvalue weighted by Gasteiger charge is 2.08. The number of nitrogens with zero attached hydrogens (tertiary/aromatic N) is 1. The fraction of sp³-hybridized carbons (Fsp3) is 0.500. The summed E-state index contributed by atoms with van der Waals surface area (Å²) in [6, 6.07) is 1.55. The van der Waals surface area contributed by atoms with Crippen molar-refractivity contribution >= 4 is 22.3 Å². The lowest BCUT2D eigenvalue weighted by atomic mass is 10.3. The molecule has 0 saturated carbocycles. The van der Waals surface area contributed by atoms with Gasteiger partial charge in [0.2, 0.25) is 0 Å². The summed E-state index contributed by atoms with van der Waals surface area (Å²) < 4.78 is 4.50. The Morgan fingerprint density at radius 1 is 1.65 bits per heavy atom. The third-order valence-electron chi connectivity index (χ3n) is 2.11. The lowest BCUT2D eigenvalue weighted by Crippen LogP contribution is -2.15. The monoisotopic (exact) mass is 258 g/mol. The summed E-state index contributed by atoms with van der Waals surface area (Å²) >= 11 is 1.12. The summed E-state index contributed by atoms with van der Waals surface area (Å²) in [6.45, 7) is 1.25. The van der Waals surface area contributed by atoms with Crippen molar-refractivity contribution in [3.8, 4) is 0 Å². The normalized spacial score (nSPS) is 10.2. The molecule has 0 radical (unpaired) electrons. The van der Waals surface area contributed by atoms with Crippen molar-refractivity contribution in [2.45, 2.75) is 19.4 Å². The van der Waals surface area contributed by atoms with Gasteiger partial charge in [-0.1, -0.05) is 11.3 Å². The van der Waals surface area contributed by atoms with E-state index in [-0.39, 0.29) is 11.0 Å². The van der Waals surface area contributed by atoms with E-state index in [0.29, 0.717) is 25.9 Å². The zero-order chi connectivity index (χ0) is 12.7. The molecule has 0 spiro atoms. The van der Waals surface area contributed by atoms with Gasteiger partial charge in [-0.05, 0) is 18.5 Å². The molecule has 0 fully saturated rings. The highest BCUT2D eigenvalue weighted by molar-refractivity contribution is 7.13. The summed E-state index contributed by atoms with van der Waals surface area (Å²) in [5.74, 6) is -0.224. The number of nitrogens with one attached hydrogen (secondary N) is 1. The molecule has 0 aromatic carbocycles. The van der Waals surface area contributed by atoms with Crippen LogP contribution in [0.25, 0.3) is 0 Å². The molecule has 0 atom stereocenters. The zero-order valence-corrected chi connectivity index (χ0v) is 10.3. The molecule has 1 aromatic rings. The molecule has 1 N–H and O–H groups in total. The first-order valence-corrected chi connectivity index (χ1v) is 6.00. The molecular weight excluding hydrogens is 244 g/mol. The Hall–Kier alpha value is -1.47. The number of esters is 1. The number of thiophene rings is 1. The van der Waals surface area contributed by atoms with E-state index in [1.54, 1.807) is 11.4 Å². The molecule has 0 bridgehead atoms. The Balaban J connectivity index is 2.18. The van der Waals surface area contributed by atoms with Crippen molar-refractivity contribution in [1.82, 2.24) is 5.32 Å². The van der Waals surface area contributed by atoms with Gasteiger partial charge in [0.05, 0.1) is 12.0 Å². The first-order chi connectivity index (χ1) is 8.13. The van der Waals surface area contributed by atoms with Gasteiger partial charge in [0.15, 0.2) is 0 Å². The Bertz CT molecular complexity index is 391. The van der Waals surface area contributed by atoms with Gasteiger partial charge < -0.3 is 10.1 Å². The summed E-state index contributed by atoms with van der Waals surface area (Å²) in [6.07, 6.45) is 1.08. The van der Waals surface area contributed by atoms with Crippen LogP contribution in [0.15, 0.2) is 11.4 Å². The fourth-order valence-electron chi connectivity index (χ4n) is 1.24. The number of ether oxygens (including phenoxy) is 1. The summed E-state index contributed by atoms with van der Waals surface area (Å²) in [4.78, 5) is 20.8. The minimum atomic E-state index is -0.397. The van der Waals surface area contributed by atoms with Gasteiger partial charge in [-0.15, -0.1) is 0 Å². The molecule has 1 aromatic heterocycles. The molecule has 6 nitrogen and oxygen atoms in total. The number of carbonyl (C=O) groups excluding carboxylic acids is 1. The standard InChI is InChI=1S/C10H14N2O4S/c1-16-10(13)3-2-4-11-6-8-5-9(12(14)15)17-7-8/h5,7,11H,2-4,6H2,1H3. The SMILES string of the molecule is COC(=O)CCCNCc1csc([N+](=O)[O-])c1. The topological polar surface area (TPSA) is 81.5 Å². The fourth-order valence-corrected chi connectivity index (χ4v) is 1.97. The van der Waals surface area contributed by atoms with E-state index in [2.05, 4.69) is 10.1 Å². The minimum absolute atomic E-state index is 0.149. The first-order valence-electron chi connectivity index (χ1n) is 5.13. The van der Waals surface area contributed by atoms with Crippen LogP contribution in [0, 0.1) is 10.1 Å². The van der Waals surface area contributed by atoms with Crippen molar-refractivity contribution < 1.29 is 14.5 Å². The highest BCUT2D eigenvalue weighted by Crippen LogP contribution is 2.22. The molecule has 0 saturated heterocycles. The third-order valence-corrected chi connectivity index (χ3v) is 3.04. The molecule has 0 amide bonds. The lowest BCUT2D eigenvalue weighted by Gasteiger charge is -2.01. The van der Waals surface area contributed by atoms with Crippen LogP contribution in [-0.2, 0) is 16.1 Å². The molecule has 0 aliphatic heterocycles.